The second-order valence-corrected chi connectivity index (χ2v) is 8.67. The van der Waals surface area contributed by atoms with Crippen molar-refractivity contribution in [1.82, 2.24) is 0 Å². The highest BCUT2D eigenvalue weighted by Gasteiger charge is 2.57. The molecule has 0 bridgehead atoms. The van der Waals surface area contributed by atoms with Crippen LogP contribution in [0.5, 0.6) is 5.75 Å². The zero-order valence-corrected chi connectivity index (χ0v) is 17.2. The Balaban J connectivity index is 1.96. The molecule has 0 aliphatic carbocycles. The third-order valence-electron chi connectivity index (χ3n) is 5.36. The Kier molecular flexibility index (Phi) is 5.82. The fraction of sp³-hybridized carbons (Fsp3) is 0.364. The van der Waals surface area contributed by atoms with Crippen LogP contribution in [-0.4, -0.2) is 35.1 Å². The van der Waals surface area contributed by atoms with Crippen molar-refractivity contribution in [3.05, 3.63) is 64.4 Å². The van der Waals surface area contributed by atoms with E-state index in [1.165, 1.54) is 18.7 Å². The van der Waals surface area contributed by atoms with Gasteiger partial charge in [-0.25, -0.2) is 4.39 Å². The molecule has 2 aromatic rings. The minimum Gasteiger partial charge on any atom is -0.508 e. The van der Waals surface area contributed by atoms with Crippen molar-refractivity contribution in [3.63, 3.8) is 0 Å². The Bertz CT molecular complexity index is 974. The molecule has 162 valence electrons. The van der Waals surface area contributed by atoms with Gasteiger partial charge in [0.1, 0.15) is 11.6 Å². The number of aromatic hydroxyl groups is 1. The number of benzene rings is 2. The molecule has 1 heterocycles. The molecule has 1 atom stereocenters. The van der Waals surface area contributed by atoms with E-state index in [1.807, 2.05) is 0 Å². The summed E-state index contributed by atoms with van der Waals surface area (Å²) in [4.78, 5) is 1.43. The standard InChI is InChI=1S/C22H22ClF4NO2/c1-20(2,17-11-16(24)6-8-19(17)29)12-21(30,22(25,26)27)13-28-9-3-4-14-10-15(23)5-7-18(14)28/h3-8,10-11,29-30H,9,12-13H2,1-2H3. The minimum atomic E-state index is -4.96. The lowest BCUT2D eigenvalue weighted by Gasteiger charge is -2.42. The molecule has 0 radical (unpaired) electrons. The molecule has 0 aromatic heterocycles. The lowest BCUT2D eigenvalue weighted by atomic mass is 9.74. The van der Waals surface area contributed by atoms with E-state index in [0.29, 0.717) is 16.3 Å². The maximum Gasteiger partial charge on any atom is 0.418 e. The van der Waals surface area contributed by atoms with Gasteiger partial charge in [-0.1, -0.05) is 37.6 Å². The van der Waals surface area contributed by atoms with Gasteiger partial charge in [-0.3, -0.25) is 0 Å². The number of phenolic OH excluding ortho intramolecular Hbond substituents is 1. The zero-order valence-electron chi connectivity index (χ0n) is 16.5. The summed E-state index contributed by atoms with van der Waals surface area (Å²) < 4.78 is 55.9. The van der Waals surface area contributed by atoms with Gasteiger partial charge in [0.25, 0.3) is 0 Å². The van der Waals surface area contributed by atoms with Crippen molar-refractivity contribution in [2.75, 3.05) is 18.0 Å². The number of aliphatic hydroxyl groups is 1. The first-order chi connectivity index (χ1) is 13.8. The predicted octanol–water partition coefficient (Wildman–Crippen LogP) is 5.68. The van der Waals surface area contributed by atoms with E-state index in [9.17, 15) is 27.8 Å². The van der Waals surface area contributed by atoms with Gasteiger partial charge in [0, 0.05) is 22.8 Å². The molecule has 0 saturated heterocycles. The maximum atomic E-state index is 14.1. The summed E-state index contributed by atoms with van der Waals surface area (Å²) in [6.45, 7) is 2.32. The molecule has 1 aliphatic heterocycles. The Morgan fingerprint density at radius 2 is 1.80 bits per heavy atom. The molecule has 30 heavy (non-hydrogen) atoms. The van der Waals surface area contributed by atoms with Crippen LogP contribution >= 0.6 is 11.6 Å². The molecular weight excluding hydrogens is 422 g/mol. The summed E-state index contributed by atoms with van der Waals surface area (Å²) in [7, 11) is 0. The number of hydrogen-bond acceptors (Lipinski definition) is 3. The van der Waals surface area contributed by atoms with E-state index < -0.39 is 36.0 Å². The highest BCUT2D eigenvalue weighted by Crippen LogP contribution is 2.44. The number of phenols is 1. The number of alkyl halides is 3. The van der Waals surface area contributed by atoms with Crippen molar-refractivity contribution in [2.24, 2.45) is 0 Å². The maximum absolute atomic E-state index is 14.1. The Morgan fingerprint density at radius 3 is 2.47 bits per heavy atom. The number of hydrogen-bond donors (Lipinski definition) is 2. The lowest BCUT2D eigenvalue weighted by Crippen LogP contribution is -2.56. The number of rotatable bonds is 5. The van der Waals surface area contributed by atoms with Gasteiger partial charge >= 0.3 is 6.18 Å². The summed E-state index contributed by atoms with van der Waals surface area (Å²) in [6, 6.07) is 7.94. The molecule has 1 aliphatic rings. The molecule has 0 spiro atoms. The van der Waals surface area contributed by atoms with Crippen molar-refractivity contribution >= 4 is 23.4 Å². The average Bonchev–Trinajstić information content (AvgIpc) is 2.62. The van der Waals surface area contributed by atoms with Gasteiger partial charge in [0.15, 0.2) is 5.60 Å². The third-order valence-corrected chi connectivity index (χ3v) is 5.59. The van der Waals surface area contributed by atoms with Gasteiger partial charge in [0.05, 0.1) is 6.54 Å². The second-order valence-electron chi connectivity index (χ2n) is 8.24. The quantitative estimate of drug-likeness (QED) is 0.584. The number of β-amino-alcohol motifs (C(OH)–C–C–N with tert-alkyl or cyclic N) is 1. The highest BCUT2D eigenvalue weighted by molar-refractivity contribution is 6.30. The van der Waals surface area contributed by atoms with Crippen molar-refractivity contribution in [2.45, 2.75) is 37.5 Å². The number of halogens is 5. The lowest BCUT2D eigenvalue weighted by molar-refractivity contribution is -0.262. The Morgan fingerprint density at radius 1 is 1.10 bits per heavy atom. The van der Waals surface area contributed by atoms with Crippen LogP contribution in [0.2, 0.25) is 5.02 Å². The Labute approximate surface area is 177 Å². The van der Waals surface area contributed by atoms with E-state index in [0.717, 1.165) is 18.2 Å². The van der Waals surface area contributed by atoms with Crippen molar-refractivity contribution in [1.29, 1.82) is 0 Å². The fourth-order valence-corrected chi connectivity index (χ4v) is 4.12. The first kappa shape index (κ1) is 22.4. The summed E-state index contributed by atoms with van der Waals surface area (Å²) in [5, 5.41) is 21.4. The van der Waals surface area contributed by atoms with Crippen LogP contribution in [0.15, 0.2) is 42.5 Å². The molecule has 0 saturated carbocycles. The van der Waals surface area contributed by atoms with Crippen LogP contribution in [0.1, 0.15) is 31.4 Å². The topological polar surface area (TPSA) is 43.7 Å². The predicted molar refractivity (Wildman–Crippen MR) is 109 cm³/mol. The fourth-order valence-electron chi connectivity index (χ4n) is 3.94. The van der Waals surface area contributed by atoms with Gasteiger partial charge in [-0.2, -0.15) is 13.2 Å². The SMILES string of the molecule is CC(C)(CC(O)(CN1CC=Cc2cc(Cl)ccc21)C(F)(F)F)c1cc(F)ccc1O. The number of fused-ring (bicyclic) bond motifs is 1. The van der Waals surface area contributed by atoms with E-state index in [1.54, 1.807) is 30.4 Å². The molecule has 2 N–H and O–H groups in total. The molecule has 0 amide bonds. The van der Waals surface area contributed by atoms with Gasteiger partial charge < -0.3 is 15.1 Å². The summed E-state index contributed by atoms with van der Waals surface area (Å²) in [6.07, 6.45) is -2.28. The summed E-state index contributed by atoms with van der Waals surface area (Å²) in [5.74, 6) is -1.01. The molecule has 2 aromatic carbocycles. The van der Waals surface area contributed by atoms with E-state index in [2.05, 4.69) is 0 Å². The van der Waals surface area contributed by atoms with E-state index >= 15 is 0 Å². The monoisotopic (exact) mass is 443 g/mol. The van der Waals surface area contributed by atoms with Crippen LogP contribution < -0.4 is 4.90 Å². The average molecular weight is 444 g/mol. The first-order valence-corrected chi connectivity index (χ1v) is 9.69. The van der Waals surface area contributed by atoms with Crippen LogP contribution in [0.25, 0.3) is 6.08 Å². The summed E-state index contributed by atoms with van der Waals surface area (Å²) >= 11 is 5.98. The number of nitrogens with zero attached hydrogens (tertiary/aromatic N) is 1. The molecule has 8 heteroatoms. The van der Waals surface area contributed by atoms with E-state index in [4.69, 9.17) is 11.6 Å². The second kappa shape index (κ2) is 7.78. The van der Waals surface area contributed by atoms with Crippen molar-refractivity contribution in [3.8, 4) is 5.75 Å². The highest BCUT2D eigenvalue weighted by atomic mass is 35.5. The van der Waals surface area contributed by atoms with Gasteiger partial charge in [0.2, 0.25) is 0 Å². The normalized spacial score (nSPS) is 16.3. The molecule has 1 unspecified atom stereocenters. The van der Waals surface area contributed by atoms with Gasteiger partial charge in [-0.05, 0) is 53.8 Å². The molecule has 0 fully saturated rings. The van der Waals surface area contributed by atoms with E-state index in [-0.39, 0.29) is 17.9 Å². The van der Waals surface area contributed by atoms with Crippen LogP contribution in [0.3, 0.4) is 0 Å². The largest absolute Gasteiger partial charge is 0.508 e. The van der Waals surface area contributed by atoms with Crippen LogP contribution in [0.4, 0.5) is 23.2 Å². The van der Waals surface area contributed by atoms with Crippen LogP contribution in [0, 0.1) is 5.82 Å². The molecule has 3 rings (SSSR count). The Hall–Kier alpha value is -2.25. The van der Waals surface area contributed by atoms with Crippen molar-refractivity contribution < 1.29 is 27.8 Å². The van der Waals surface area contributed by atoms with Crippen LogP contribution in [-0.2, 0) is 5.41 Å². The number of anilines is 1. The third kappa shape index (κ3) is 4.42. The van der Waals surface area contributed by atoms with Gasteiger partial charge in [-0.15, -0.1) is 0 Å². The molecule has 3 nitrogen and oxygen atoms in total. The zero-order chi connectivity index (χ0) is 22.3. The smallest absolute Gasteiger partial charge is 0.418 e. The minimum absolute atomic E-state index is 0.00380. The first-order valence-electron chi connectivity index (χ1n) is 9.32. The molecular formula is C22H22ClF4NO2. The summed E-state index contributed by atoms with van der Waals surface area (Å²) in [5.41, 5.74) is -3.31.